The Labute approximate surface area is 133 Å². The van der Waals surface area contributed by atoms with Crippen molar-refractivity contribution in [1.29, 1.82) is 0 Å². The van der Waals surface area contributed by atoms with Crippen molar-refractivity contribution in [2.45, 2.75) is 13.0 Å². The molecule has 3 N–H and O–H groups in total. The van der Waals surface area contributed by atoms with Gasteiger partial charge in [-0.15, -0.1) is 0 Å². The molecule has 0 radical (unpaired) electrons. The normalized spacial score (nSPS) is 11.6. The second-order valence-corrected chi connectivity index (χ2v) is 4.96. The monoisotopic (exact) mass is 315 g/mol. The maximum absolute atomic E-state index is 11.2. The Morgan fingerprint density at radius 1 is 1.30 bits per heavy atom. The molecule has 0 aliphatic heterocycles. The smallest absolute Gasteiger partial charge is 0.293 e. The van der Waals surface area contributed by atoms with Crippen LogP contribution in [0.3, 0.4) is 0 Å². The van der Waals surface area contributed by atoms with Crippen molar-refractivity contribution >= 4 is 17.3 Å². The molecule has 0 aliphatic carbocycles. The van der Waals surface area contributed by atoms with Crippen molar-refractivity contribution in [2.75, 3.05) is 12.4 Å². The van der Waals surface area contributed by atoms with Gasteiger partial charge in [-0.1, -0.05) is 18.2 Å². The highest BCUT2D eigenvalue weighted by Gasteiger charge is 2.19. The predicted molar refractivity (Wildman–Crippen MR) is 86.6 cm³/mol. The van der Waals surface area contributed by atoms with E-state index in [2.05, 4.69) is 5.32 Å². The number of hydrogen-bond acceptors (Lipinski definition) is 5. The number of carbonyl (C=O) groups excluding carboxylic acids is 1. The maximum atomic E-state index is 11.2. The number of para-hydroxylation sites is 1. The summed E-state index contributed by atoms with van der Waals surface area (Å²) < 4.78 is 5.30. The van der Waals surface area contributed by atoms with Gasteiger partial charge in [0.2, 0.25) is 5.91 Å². The third-order valence-corrected chi connectivity index (χ3v) is 3.46. The summed E-state index contributed by atoms with van der Waals surface area (Å²) in [7, 11) is 1.57. The van der Waals surface area contributed by atoms with Gasteiger partial charge in [-0.2, -0.15) is 0 Å². The summed E-state index contributed by atoms with van der Waals surface area (Å²) in [5, 5.41) is 14.3. The number of hydrogen-bond donors (Lipinski definition) is 2. The number of anilines is 1. The molecule has 0 heterocycles. The first-order chi connectivity index (χ1) is 10.9. The number of methoxy groups -OCH3 is 1. The van der Waals surface area contributed by atoms with E-state index in [4.69, 9.17) is 10.5 Å². The Morgan fingerprint density at radius 3 is 2.61 bits per heavy atom. The molecule has 120 valence electrons. The van der Waals surface area contributed by atoms with E-state index >= 15 is 0 Å². The van der Waals surface area contributed by atoms with Crippen LogP contribution in [0.25, 0.3) is 0 Å². The number of carbonyl (C=O) groups is 1. The number of benzene rings is 2. The van der Waals surface area contributed by atoms with Gasteiger partial charge < -0.3 is 15.8 Å². The lowest BCUT2D eigenvalue weighted by Gasteiger charge is -2.18. The Hall–Kier alpha value is -3.09. The molecule has 7 nitrogen and oxygen atoms in total. The number of nitro groups is 1. The third kappa shape index (κ3) is 3.57. The highest BCUT2D eigenvalue weighted by molar-refractivity contribution is 5.94. The van der Waals surface area contributed by atoms with Crippen molar-refractivity contribution in [2.24, 2.45) is 5.73 Å². The van der Waals surface area contributed by atoms with E-state index in [1.54, 1.807) is 7.11 Å². The molecule has 2 aromatic rings. The molecule has 0 fully saturated rings. The van der Waals surface area contributed by atoms with Gasteiger partial charge in [0.25, 0.3) is 5.69 Å². The van der Waals surface area contributed by atoms with Crippen LogP contribution in [0.4, 0.5) is 11.4 Å². The molecule has 7 heteroatoms. The largest absolute Gasteiger partial charge is 0.496 e. The fourth-order valence-corrected chi connectivity index (χ4v) is 2.29. The van der Waals surface area contributed by atoms with E-state index in [9.17, 15) is 14.9 Å². The van der Waals surface area contributed by atoms with Crippen LogP contribution in [0.1, 0.15) is 28.9 Å². The minimum absolute atomic E-state index is 0.0900. The molecule has 2 aromatic carbocycles. The highest BCUT2D eigenvalue weighted by atomic mass is 16.6. The molecule has 0 saturated heterocycles. The lowest BCUT2D eigenvalue weighted by molar-refractivity contribution is -0.384. The maximum Gasteiger partial charge on any atom is 0.293 e. The number of nitrogens with two attached hydrogens (primary N) is 1. The Kier molecular flexibility index (Phi) is 4.80. The first-order valence-corrected chi connectivity index (χ1v) is 6.91. The standard InChI is InChI=1S/C16H17N3O4/c1-10(12-5-3-4-6-15(12)23-2)18-13-8-7-11(16(17)20)9-14(13)19(21)22/h3-10,18H,1-2H3,(H2,17,20)/t10-/m1/s1. The van der Waals surface area contributed by atoms with Gasteiger partial charge in [-0.25, -0.2) is 0 Å². The summed E-state index contributed by atoms with van der Waals surface area (Å²) in [5.74, 6) is -0.0265. The van der Waals surface area contributed by atoms with Crippen LogP contribution in [0, 0.1) is 10.1 Å². The molecular weight excluding hydrogens is 298 g/mol. The first-order valence-electron chi connectivity index (χ1n) is 6.91. The Morgan fingerprint density at radius 2 is 2.00 bits per heavy atom. The topological polar surface area (TPSA) is 107 Å². The first kappa shape index (κ1) is 16.3. The van der Waals surface area contributed by atoms with Crippen LogP contribution < -0.4 is 15.8 Å². The molecule has 1 atom stereocenters. The number of nitrogens with one attached hydrogen (secondary N) is 1. The predicted octanol–water partition coefficient (Wildman–Crippen LogP) is 2.88. The molecule has 0 bridgehead atoms. The minimum Gasteiger partial charge on any atom is -0.496 e. The van der Waals surface area contributed by atoms with Crippen LogP contribution in [-0.2, 0) is 0 Å². The zero-order valence-electron chi connectivity index (χ0n) is 12.8. The summed E-state index contributed by atoms with van der Waals surface area (Å²) in [6.45, 7) is 1.86. The number of nitrogens with zero attached hydrogens (tertiary/aromatic N) is 1. The van der Waals surface area contributed by atoms with Gasteiger partial charge in [0.05, 0.1) is 18.1 Å². The molecule has 0 aliphatic rings. The van der Waals surface area contributed by atoms with Crippen molar-refractivity contribution in [1.82, 2.24) is 0 Å². The average molecular weight is 315 g/mol. The Bertz CT molecular complexity index is 746. The summed E-state index contributed by atoms with van der Waals surface area (Å²) in [6.07, 6.45) is 0. The molecule has 0 spiro atoms. The highest BCUT2D eigenvalue weighted by Crippen LogP contribution is 2.32. The lowest BCUT2D eigenvalue weighted by Crippen LogP contribution is -2.13. The van der Waals surface area contributed by atoms with Gasteiger partial charge >= 0.3 is 0 Å². The van der Waals surface area contributed by atoms with Crippen LogP contribution in [-0.4, -0.2) is 17.9 Å². The zero-order valence-corrected chi connectivity index (χ0v) is 12.8. The summed E-state index contributed by atoms with van der Waals surface area (Å²) >= 11 is 0. The second kappa shape index (κ2) is 6.78. The van der Waals surface area contributed by atoms with Gasteiger partial charge in [0.1, 0.15) is 11.4 Å². The molecule has 0 saturated carbocycles. The fraction of sp³-hybridized carbons (Fsp3) is 0.188. The molecule has 1 amide bonds. The minimum atomic E-state index is -0.711. The van der Waals surface area contributed by atoms with E-state index in [-0.39, 0.29) is 17.3 Å². The van der Waals surface area contributed by atoms with E-state index in [1.165, 1.54) is 18.2 Å². The van der Waals surface area contributed by atoms with Crippen molar-refractivity contribution < 1.29 is 14.5 Å². The Balaban J connectivity index is 2.35. The number of ether oxygens (including phenoxy) is 1. The average Bonchev–Trinajstić information content (AvgIpc) is 2.54. The molecule has 0 unspecified atom stereocenters. The van der Waals surface area contributed by atoms with E-state index in [0.717, 1.165) is 5.56 Å². The number of primary amides is 1. The van der Waals surface area contributed by atoms with Crippen LogP contribution >= 0.6 is 0 Å². The number of nitro benzene ring substituents is 1. The summed E-state index contributed by atoms with van der Waals surface area (Å²) in [5.41, 5.74) is 6.22. The SMILES string of the molecule is COc1ccccc1[C@@H](C)Nc1ccc(C(N)=O)cc1[N+](=O)[O-]. The van der Waals surface area contributed by atoms with Crippen LogP contribution in [0.5, 0.6) is 5.75 Å². The summed E-state index contributed by atoms with van der Waals surface area (Å²) in [6, 6.07) is 11.3. The van der Waals surface area contributed by atoms with E-state index < -0.39 is 10.8 Å². The summed E-state index contributed by atoms with van der Waals surface area (Å²) in [4.78, 5) is 21.9. The van der Waals surface area contributed by atoms with Crippen LogP contribution in [0.15, 0.2) is 42.5 Å². The molecule has 2 rings (SSSR count). The van der Waals surface area contributed by atoms with Crippen molar-refractivity contribution in [3.63, 3.8) is 0 Å². The molecule has 23 heavy (non-hydrogen) atoms. The van der Waals surface area contributed by atoms with Gasteiger partial charge in [0.15, 0.2) is 0 Å². The number of rotatable bonds is 6. The van der Waals surface area contributed by atoms with Gasteiger partial charge in [-0.3, -0.25) is 14.9 Å². The zero-order chi connectivity index (χ0) is 17.0. The molecular formula is C16H17N3O4. The molecule has 0 aromatic heterocycles. The van der Waals surface area contributed by atoms with Crippen molar-refractivity contribution in [3.8, 4) is 5.75 Å². The number of amides is 1. The van der Waals surface area contributed by atoms with E-state index in [0.29, 0.717) is 11.4 Å². The second-order valence-electron chi connectivity index (χ2n) is 4.96. The lowest BCUT2D eigenvalue weighted by atomic mass is 10.1. The van der Waals surface area contributed by atoms with Crippen LogP contribution in [0.2, 0.25) is 0 Å². The van der Waals surface area contributed by atoms with Gasteiger partial charge in [0, 0.05) is 17.2 Å². The third-order valence-electron chi connectivity index (χ3n) is 3.46. The van der Waals surface area contributed by atoms with E-state index in [1.807, 2.05) is 31.2 Å². The quantitative estimate of drug-likeness (QED) is 0.629. The van der Waals surface area contributed by atoms with Crippen molar-refractivity contribution in [3.05, 3.63) is 63.7 Å². The van der Waals surface area contributed by atoms with Gasteiger partial charge in [-0.05, 0) is 25.1 Å². The fourth-order valence-electron chi connectivity index (χ4n) is 2.29.